The Kier molecular flexibility index (Phi) is 2.92. The van der Waals surface area contributed by atoms with Crippen LogP contribution in [0.3, 0.4) is 0 Å². The van der Waals surface area contributed by atoms with Gasteiger partial charge in [-0.05, 0) is 24.8 Å². The number of furan rings is 1. The fourth-order valence-corrected chi connectivity index (χ4v) is 2.54. The highest BCUT2D eigenvalue weighted by Gasteiger charge is 2.29. The Bertz CT molecular complexity index is 652. The highest BCUT2D eigenvalue weighted by Crippen LogP contribution is 2.25. The van der Waals surface area contributed by atoms with Crippen molar-refractivity contribution in [3.8, 4) is 0 Å². The molecule has 2 aromatic rings. The summed E-state index contributed by atoms with van der Waals surface area (Å²) in [4.78, 5) is 12.1. The van der Waals surface area contributed by atoms with Crippen LogP contribution >= 0.6 is 0 Å². The molecule has 0 bridgehead atoms. The summed E-state index contributed by atoms with van der Waals surface area (Å²) in [6, 6.07) is 1.94. The van der Waals surface area contributed by atoms with E-state index in [1.54, 1.807) is 6.26 Å². The van der Waals surface area contributed by atoms with Gasteiger partial charge in [0, 0.05) is 18.3 Å². The van der Waals surface area contributed by atoms with E-state index in [1.165, 1.54) is 0 Å². The van der Waals surface area contributed by atoms with Crippen molar-refractivity contribution in [2.45, 2.75) is 33.7 Å². The Morgan fingerprint density at radius 1 is 1.50 bits per heavy atom. The van der Waals surface area contributed by atoms with E-state index < -0.39 is 0 Å². The van der Waals surface area contributed by atoms with E-state index in [0.29, 0.717) is 18.7 Å². The Morgan fingerprint density at radius 2 is 2.30 bits per heavy atom. The van der Waals surface area contributed by atoms with Gasteiger partial charge in [0.25, 0.3) is 5.91 Å². The van der Waals surface area contributed by atoms with Gasteiger partial charge in [-0.15, -0.1) is 0 Å². The molecule has 0 aromatic carbocycles. The second kappa shape index (κ2) is 4.51. The Morgan fingerprint density at radius 3 is 3.00 bits per heavy atom. The summed E-state index contributed by atoms with van der Waals surface area (Å²) in [5, 5.41) is 7.55. The number of hydrogen-bond acceptors (Lipinski definition) is 3. The van der Waals surface area contributed by atoms with Crippen molar-refractivity contribution in [2.24, 2.45) is 5.41 Å². The quantitative estimate of drug-likeness (QED) is 0.912. The van der Waals surface area contributed by atoms with Crippen LogP contribution in [-0.2, 0) is 13.0 Å². The molecule has 0 saturated carbocycles. The molecule has 0 saturated heterocycles. The monoisotopic (exact) mass is 273 g/mol. The molecule has 0 spiro atoms. The number of aryl methyl sites for hydroxylation is 1. The number of nitrogens with zero attached hydrogens (tertiary/aromatic N) is 2. The Hall–Kier alpha value is -2.04. The highest BCUT2D eigenvalue weighted by atomic mass is 16.3. The van der Waals surface area contributed by atoms with Gasteiger partial charge in [0.1, 0.15) is 5.76 Å². The molecular weight excluding hydrogens is 254 g/mol. The fourth-order valence-electron chi connectivity index (χ4n) is 2.54. The first-order chi connectivity index (χ1) is 9.44. The minimum absolute atomic E-state index is 0.0271. The summed E-state index contributed by atoms with van der Waals surface area (Å²) in [7, 11) is 0. The molecule has 3 rings (SSSR count). The third kappa shape index (κ3) is 2.35. The molecule has 1 N–H and O–H groups in total. The molecule has 0 radical (unpaired) electrons. The van der Waals surface area contributed by atoms with Gasteiger partial charge in [-0.1, -0.05) is 13.8 Å². The average molecular weight is 273 g/mol. The number of aromatic nitrogens is 2. The number of carbonyl (C=O) groups excluding carboxylic acids is 1. The molecule has 106 valence electrons. The molecule has 0 unspecified atom stereocenters. The summed E-state index contributed by atoms with van der Waals surface area (Å²) in [5.41, 5.74) is 2.69. The number of nitrogens with one attached hydrogen (secondary N) is 1. The van der Waals surface area contributed by atoms with E-state index >= 15 is 0 Å². The van der Waals surface area contributed by atoms with Gasteiger partial charge in [-0.3, -0.25) is 9.48 Å². The fraction of sp³-hybridized carbons (Fsp3) is 0.467. The van der Waals surface area contributed by atoms with Gasteiger partial charge < -0.3 is 9.73 Å². The molecule has 5 nitrogen and oxygen atoms in total. The molecule has 1 aliphatic rings. The molecule has 0 fully saturated rings. The maximum atomic E-state index is 12.1. The number of amides is 1. The molecule has 0 aliphatic carbocycles. The van der Waals surface area contributed by atoms with Crippen LogP contribution in [0.25, 0.3) is 0 Å². The zero-order chi connectivity index (χ0) is 14.3. The van der Waals surface area contributed by atoms with Crippen molar-refractivity contribution in [3.63, 3.8) is 0 Å². The lowest BCUT2D eigenvalue weighted by atomic mass is 9.88. The van der Waals surface area contributed by atoms with Crippen LogP contribution in [0.2, 0.25) is 0 Å². The smallest absolute Gasteiger partial charge is 0.254 e. The van der Waals surface area contributed by atoms with Crippen LogP contribution in [0.5, 0.6) is 0 Å². The minimum atomic E-state index is -0.0271. The van der Waals surface area contributed by atoms with Crippen molar-refractivity contribution in [2.75, 3.05) is 6.54 Å². The molecule has 1 amide bonds. The standard InChI is InChI=1S/C15H19N3O2/c1-10-11(4-5-20-10)7-18-8-12-13(17-18)6-15(2,3)9-16-14(12)19/h4-5,8H,6-7,9H2,1-3H3,(H,16,19). The number of hydrogen-bond donors (Lipinski definition) is 1. The molecule has 2 aromatic heterocycles. The van der Waals surface area contributed by atoms with Crippen molar-refractivity contribution in [3.05, 3.63) is 41.1 Å². The number of carbonyl (C=O) groups is 1. The first kappa shape index (κ1) is 13.0. The lowest BCUT2D eigenvalue weighted by Gasteiger charge is -2.21. The highest BCUT2D eigenvalue weighted by molar-refractivity contribution is 5.95. The third-order valence-corrected chi connectivity index (χ3v) is 3.75. The zero-order valence-corrected chi connectivity index (χ0v) is 12.1. The van der Waals surface area contributed by atoms with E-state index in [4.69, 9.17) is 4.42 Å². The zero-order valence-electron chi connectivity index (χ0n) is 12.1. The maximum absolute atomic E-state index is 12.1. The summed E-state index contributed by atoms with van der Waals surface area (Å²) >= 11 is 0. The predicted octanol–water partition coefficient (Wildman–Crippen LogP) is 2.14. The van der Waals surface area contributed by atoms with Crippen LogP contribution in [0, 0.1) is 12.3 Å². The first-order valence-corrected chi connectivity index (χ1v) is 6.82. The van der Waals surface area contributed by atoms with E-state index in [9.17, 15) is 4.79 Å². The van der Waals surface area contributed by atoms with Gasteiger partial charge in [-0.2, -0.15) is 5.10 Å². The van der Waals surface area contributed by atoms with Crippen molar-refractivity contribution in [1.29, 1.82) is 0 Å². The summed E-state index contributed by atoms with van der Waals surface area (Å²) in [5.74, 6) is 0.862. The second-order valence-electron chi connectivity index (χ2n) is 6.21. The Balaban J connectivity index is 1.92. The van der Waals surface area contributed by atoms with Gasteiger partial charge in [0.05, 0.1) is 24.1 Å². The summed E-state index contributed by atoms with van der Waals surface area (Å²) < 4.78 is 7.12. The van der Waals surface area contributed by atoms with Crippen molar-refractivity contribution >= 4 is 5.91 Å². The second-order valence-corrected chi connectivity index (χ2v) is 6.21. The number of fused-ring (bicyclic) bond motifs is 1. The minimum Gasteiger partial charge on any atom is -0.469 e. The molecular formula is C15H19N3O2. The van der Waals surface area contributed by atoms with Gasteiger partial charge in [0.15, 0.2) is 0 Å². The topological polar surface area (TPSA) is 60.1 Å². The largest absolute Gasteiger partial charge is 0.469 e. The van der Waals surface area contributed by atoms with Crippen molar-refractivity contribution in [1.82, 2.24) is 15.1 Å². The van der Waals surface area contributed by atoms with Crippen LogP contribution in [0.4, 0.5) is 0 Å². The normalized spacial score (nSPS) is 17.4. The molecule has 5 heteroatoms. The van der Waals surface area contributed by atoms with E-state index in [-0.39, 0.29) is 11.3 Å². The third-order valence-electron chi connectivity index (χ3n) is 3.75. The van der Waals surface area contributed by atoms with E-state index in [2.05, 4.69) is 24.3 Å². The van der Waals surface area contributed by atoms with Gasteiger partial charge in [0.2, 0.25) is 0 Å². The molecule has 1 aliphatic heterocycles. The lowest BCUT2D eigenvalue weighted by Crippen LogP contribution is -2.31. The number of rotatable bonds is 2. The van der Waals surface area contributed by atoms with Crippen LogP contribution in [-0.4, -0.2) is 22.2 Å². The van der Waals surface area contributed by atoms with E-state index in [1.807, 2.05) is 23.9 Å². The molecule has 20 heavy (non-hydrogen) atoms. The predicted molar refractivity (Wildman–Crippen MR) is 74.6 cm³/mol. The SMILES string of the molecule is Cc1occc1Cn1cc2c(n1)CC(C)(C)CNC2=O. The summed E-state index contributed by atoms with van der Waals surface area (Å²) in [6.07, 6.45) is 4.31. The average Bonchev–Trinajstić information content (AvgIpc) is 2.92. The van der Waals surface area contributed by atoms with E-state index in [0.717, 1.165) is 23.4 Å². The maximum Gasteiger partial charge on any atom is 0.254 e. The van der Waals surface area contributed by atoms with Gasteiger partial charge in [-0.25, -0.2) is 0 Å². The molecule has 0 atom stereocenters. The lowest BCUT2D eigenvalue weighted by molar-refractivity contribution is 0.0944. The van der Waals surface area contributed by atoms with Crippen LogP contribution < -0.4 is 5.32 Å². The first-order valence-electron chi connectivity index (χ1n) is 6.82. The van der Waals surface area contributed by atoms with Gasteiger partial charge >= 0.3 is 0 Å². The summed E-state index contributed by atoms with van der Waals surface area (Å²) in [6.45, 7) is 7.52. The van der Waals surface area contributed by atoms with Crippen LogP contribution in [0.1, 0.15) is 41.2 Å². The van der Waals surface area contributed by atoms with Crippen molar-refractivity contribution < 1.29 is 9.21 Å². The Labute approximate surface area is 118 Å². The van der Waals surface area contributed by atoms with Crippen LogP contribution in [0.15, 0.2) is 22.9 Å². The molecule has 3 heterocycles.